The van der Waals surface area contributed by atoms with Gasteiger partial charge in [-0.25, -0.2) is 15.4 Å². The summed E-state index contributed by atoms with van der Waals surface area (Å²) in [6.45, 7) is 4.25. The van der Waals surface area contributed by atoms with Crippen LogP contribution in [0.4, 0.5) is 0 Å². The average Bonchev–Trinajstić information content (AvgIpc) is 2.78. The standard InChI is InChI=1S/C21H22N4O4/c1-4-28-20-9-8-16(11-23-20)18-12-22-13-19(24-18)21(26)25-29-14(2)15-6-5-7-17(10-15)27-3/h5-14H,4H2,1-3H3,(H,25,26)/t14-/m1/s1. The summed E-state index contributed by atoms with van der Waals surface area (Å²) in [5.41, 5.74) is 4.67. The third-order valence-electron chi connectivity index (χ3n) is 4.08. The van der Waals surface area contributed by atoms with Gasteiger partial charge in [0.05, 0.1) is 31.8 Å². The van der Waals surface area contributed by atoms with Crippen molar-refractivity contribution < 1.29 is 19.1 Å². The molecule has 2 heterocycles. The molecule has 3 aromatic rings. The first-order valence-corrected chi connectivity index (χ1v) is 9.12. The molecule has 3 rings (SSSR count). The third kappa shape index (κ3) is 5.26. The van der Waals surface area contributed by atoms with Crippen LogP contribution in [0.3, 0.4) is 0 Å². The number of carbonyl (C=O) groups is 1. The van der Waals surface area contributed by atoms with Crippen molar-refractivity contribution in [3.05, 3.63) is 66.2 Å². The Kier molecular flexibility index (Phi) is 6.70. The lowest BCUT2D eigenvalue weighted by molar-refractivity contribution is -0.00928. The summed E-state index contributed by atoms with van der Waals surface area (Å²) < 4.78 is 10.5. The van der Waals surface area contributed by atoms with Gasteiger partial charge in [0.1, 0.15) is 17.5 Å². The maximum Gasteiger partial charge on any atom is 0.295 e. The van der Waals surface area contributed by atoms with Gasteiger partial charge in [-0.1, -0.05) is 12.1 Å². The normalized spacial score (nSPS) is 11.6. The zero-order valence-electron chi connectivity index (χ0n) is 16.5. The van der Waals surface area contributed by atoms with Gasteiger partial charge in [0.25, 0.3) is 5.91 Å². The van der Waals surface area contributed by atoms with Crippen molar-refractivity contribution >= 4 is 5.91 Å². The molecule has 8 nitrogen and oxygen atoms in total. The van der Waals surface area contributed by atoms with Crippen molar-refractivity contribution in [1.82, 2.24) is 20.4 Å². The monoisotopic (exact) mass is 394 g/mol. The predicted molar refractivity (Wildman–Crippen MR) is 106 cm³/mol. The van der Waals surface area contributed by atoms with Gasteiger partial charge in [0, 0.05) is 17.8 Å². The highest BCUT2D eigenvalue weighted by molar-refractivity contribution is 5.91. The molecule has 150 valence electrons. The minimum absolute atomic E-state index is 0.134. The Balaban J connectivity index is 1.66. The summed E-state index contributed by atoms with van der Waals surface area (Å²) in [6.07, 6.45) is 4.19. The molecule has 0 radical (unpaired) electrons. The fourth-order valence-electron chi connectivity index (χ4n) is 2.54. The molecule has 1 N–H and O–H groups in total. The SMILES string of the molecule is CCOc1ccc(-c2cncc(C(=O)NO[C@H](C)c3cccc(OC)c3)n2)cn1. The molecule has 8 heteroatoms. The van der Waals surface area contributed by atoms with E-state index >= 15 is 0 Å². The fourth-order valence-corrected chi connectivity index (χ4v) is 2.54. The van der Waals surface area contributed by atoms with Crippen LogP contribution in [0.1, 0.15) is 36.0 Å². The smallest absolute Gasteiger partial charge is 0.295 e. The van der Waals surface area contributed by atoms with Crippen LogP contribution < -0.4 is 15.0 Å². The minimum Gasteiger partial charge on any atom is -0.497 e. The van der Waals surface area contributed by atoms with Crippen LogP contribution >= 0.6 is 0 Å². The summed E-state index contributed by atoms with van der Waals surface area (Å²) in [6, 6.07) is 11.0. The Morgan fingerprint density at radius 3 is 2.76 bits per heavy atom. The minimum atomic E-state index is -0.493. The second-order valence-electron chi connectivity index (χ2n) is 6.08. The highest BCUT2D eigenvalue weighted by Crippen LogP contribution is 2.21. The Morgan fingerprint density at radius 1 is 1.17 bits per heavy atom. The second-order valence-corrected chi connectivity index (χ2v) is 6.08. The Morgan fingerprint density at radius 2 is 2.03 bits per heavy atom. The van der Waals surface area contributed by atoms with E-state index in [1.165, 1.54) is 6.20 Å². The maximum atomic E-state index is 12.4. The second kappa shape index (κ2) is 9.61. The van der Waals surface area contributed by atoms with Gasteiger partial charge in [-0.15, -0.1) is 0 Å². The van der Waals surface area contributed by atoms with Crippen LogP contribution in [0.5, 0.6) is 11.6 Å². The number of rotatable bonds is 8. The van der Waals surface area contributed by atoms with Gasteiger partial charge in [0.2, 0.25) is 5.88 Å². The summed E-state index contributed by atoms with van der Waals surface area (Å²) in [5.74, 6) is 0.748. The van der Waals surface area contributed by atoms with E-state index in [9.17, 15) is 4.79 Å². The van der Waals surface area contributed by atoms with Crippen molar-refractivity contribution in [2.75, 3.05) is 13.7 Å². The fraction of sp³-hybridized carbons (Fsp3) is 0.238. The molecule has 0 aliphatic heterocycles. The number of methoxy groups -OCH3 is 1. The quantitative estimate of drug-likeness (QED) is 0.585. The van der Waals surface area contributed by atoms with Crippen LogP contribution in [0.25, 0.3) is 11.3 Å². The van der Waals surface area contributed by atoms with E-state index in [1.54, 1.807) is 25.6 Å². The molecule has 1 aromatic carbocycles. The van der Waals surface area contributed by atoms with Crippen LogP contribution in [-0.2, 0) is 4.84 Å². The van der Waals surface area contributed by atoms with Gasteiger partial charge < -0.3 is 9.47 Å². The lowest BCUT2D eigenvalue weighted by Gasteiger charge is -2.14. The zero-order chi connectivity index (χ0) is 20.6. The van der Waals surface area contributed by atoms with E-state index in [2.05, 4.69) is 20.4 Å². The van der Waals surface area contributed by atoms with E-state index < -0.39 is 5.91 Å². The molecule has 0 saturated carbocycles. The predicted octanol–water partition coefficient (Wildman–Crippen LogP) is 3.37. The summed E-state index contributed by atoms with van der Waals surface area (Å²) >= 11 is 0. The van der Waals surface area contributed by atoms with Crippen molar-refractivity contribution in [2.45, 2.75) is 20.0 Å². The number of nitrogens with one attached hydrogen (secondary N) is 1. The summed E-state index contributed by atoms with van der Waals surface area (Å²) in [7, 11) is 1.60. The molecule has 29 heavy (non-hydrogen) atoms. The number of pyridine rings is 1. The number of hydrogen-bond donors (Lipinski definition) is 1. The largest absolute Gasteiger partial charge is 0.497 e. The molecule has 1 amide bonds. The van der Waals surface area contributed by atoms with Crippen LogP contribution in [-0.4, -0.2) is 34.6 Å². The highest BCUT2D eigenvalue weighted by atomic mass is 16.7. The van der Waals surface area contributed by atoms with E-state index in [-0.39, 0.29) is 11.8 Å². The lowest BCUT2D eigenvalue weighted by Crippen LogP contribution is -2.26. The average molecular weight is 394 g/mol. The molecule has 0 aliphatic carbocycles. The Bertz CT molecular complexity index is 963. The van der Waals surface area contributed by atoms with Gasteiger partial charge in [0.15, 0.2) is 0 Å². The molecule has 0 spiro atoms. The molecule has 0 bridgehead atoms. The number of ether oxygens (including phenoxy) is 2. The van der Waals surface area contributed by atoms with E-state index in [4.69, 9.17) is 14.3 Å². The van der Waals surface area contributed by atoms with Gasteiger partial charge in [-0.2, -0.15) is 0 Å². The number of benzene rings is 1. The third-order valence-corrected chi connectivity index (χ3v) is 4.08. The Hall–Kier alpha value is -3.52. The highest BCUT2D eigenvalue weighted by Gasteiger charge is 2.14. The number of hydrogen-bond acceptors (Lipinski definition) is 7. The van der Waals surface area contributed by atoms with E-state index in [0.29, 0.717) is 23.9 Å². The van der Waals surface area contributed by atoms with Gasteiger partial charge in [-0.3, -0.25) is 14.6 Å². The molecule has 0 aliphatic rings. The molecule has 2 aromatic heterocycles. The first-order valence-electron chi connectivity index (χ1n) is 9.12. The van der Waals surface area contributed by atoms with Gasteiger partial charge >= 0.3 is 0 Å². The van der Waals surface area contributed by atoms with E-state index in [0.717, 1.165) is 11.1 Å². The number of hydroxylamine groups is 1. The topological polar surface area (TPSA) is 95.5 Å². The number of aromatic nitrogens is 3. The maximum absolute atomic E-state index is 12.4. The van der Waals surface area contributed by atoms with Gasteiger partial charge in [-0.05, 0) is 37.6 Å². The molecule has 0 saturated heterocycles. The molecular weight excluding hydrogens is 372 g/mol. The zero-order valence-corrected chi connectivity index (χ0v) is 16.5. The van der Waals surface area contributed by atoms with Crippen LogP contribution in [0.15, 0.2) is 55.0 Å². The van der Waals surface area contributed by atoms with Crippen molar-refractivity contribution in [3.63, 3.8) is 0 Å². The first-order chi connectivity index (χ1) is 14.1. The first kappa shape index (κ1) is 20.2. The molecule has 0 unspecified atom stereocenters. The summed E-state index contributed by atoms with van der Waals surface area (Å²) in [5, 5.41) is 0. The molecule has 1 atom stereocenters. The van der Waals surface area contributed by atoms with Crippen molar-refractivity contribution in [1.29, 1.82) is 0 Å². The summed E-state index contributed by atoms with van der Waals surface area (Å²) in [4.78, 5) is 30.5. The molecule has 0 fully saturated rings. The number of carbonyl (C=O) groups excluding carboxylic acids is 1. The van der Waals surface area contributed by atoms with Crippen LogP contribution in [0.2, 0.25) is 0 Å². The van der Waals surface area contributed by atoms with Crippen LogP contribution in [0, 0.1) is 0 Å². The molecular formula is C21H22N4O4. The van der Waals surface area contributed by atoms with E-state index in [1.807, 2.05) is 44.2 Å². The number of amides is 1. The number of nitrogens with zero attached hydrogens (tertiary/aromatic N) is 3. The lowest BCUT2D eigenvalue weighted by atomic mass is 10.1. The Labute approximate surface area is 168 Å². The van der Waals surface area contributed by atoms with Crippen molar-refractivity contribution in [2.24, 2.45) is 0 Å². The van der Waals surface area contributed by atoms with Crippen molar-refractivity contribution in [3.8, 4) is 22.9 Å².